The summed E-state index contributed by atoms with van der Waals surface area (Å²) >= 11 is 0. The second-order valence-electron chi connectivity index (χ2n) is 9.33. The van der Waals surface area contributed by atoms with Crippen molar-refractivity contribution in [2.75, 3.05) is 36.7 Å². The number of hydrogen-bond acceptors (Lipinski definition) is 8. The molecule has 1 fully saturated rings. The number of rotatable bonds is 7. The molecule has 1 aromatic heterocycles. The van der Waals surface area contributed by atoms with Crippen molar-refractivity contribution in [3.8, 4) is 5.75 Å². The summed E-state index contributed by atoms with van der Waals surface area (Å²) in [5, 5.41) is 20.2. The molecule has 2 aliphatic rings. The van der Waals surface area contributed by atoms with E-state index in [0.717, 1.165) is 50.0 Å². The number of benzene rings is 1. The van der Waals surface area contributed by atoms with E-state index in [-0.39, 0.29) is 29.6 Å². The maximum atomic E-state index is 12.5. The molecule has 0 aliphatic heterocycles. The van der Waals surface area contributed by atoms with Crippen molar-refractivity contribution >= 4 is 29.2 Å². The van der Waals surface area contributed by atoms with Gasteiger partial charge >= 0.3 is 6.03 Å². The molecule has 35 heavy (non-hydrogen) atoms. The lowest BCUT2D eigenvalue weighted by Gasteiger charge is -2.30. The number of anilines is 3. The highest BCUT2D eigenvalue weighted by Gasteiger charge is 2.25. The highest BCUT2D eigenvalue weighted by Crippen LogP contribution is 2.30. The molecule has 0 saturated heterocycles. The molecule has 1 aromatic carbocycles. The van der Waals surface area contributed by atoms with Crippen LogP contribution in [0, 0.1) is 10.1 Å². The predicted molar refractivity (Wildman–Crippen MR) is 134 cm³/mol. The van der Waals surface area contributed by atoms with Gasteiger partial charge in [0.15, 0.2) is 0 Å². The van der Waals surface area contributed by atoms with E-state index >= 15 is 0 Å². The van der Waals surface area contributed by atoms with Crippen LogP contribution in [-0.2, 0) is 12.8 Å². The number of ether oxygens (including phenoxy) is 1. The number of nitro benzene ring substituents is 1. The monoisotopic (exact) mass is 483 g/mol. The van der Waals surface area contributed by atoms with E-state index in [0.29, 0.717) is 11.6 Å². The minimum absolute atomic E-state index is 0.0406. The lowest BCUT2D eigenvalue weighted by Crippen LogP contribution is -2.42. The number of aromatic nitrogens is 2. The van der Waals surface area contributed by atoms with Crippen molar-refractivity contribution in [1.82, 2.24) is 15.3 Å². The van der Waals surface area contributed by atoms with Gasteiger partial charge in [-0.3, -0.25) is 10.1 Å². The third-order valence-electron chi connectivity index (χ3n) is 6.62. The minimum atomic E-state index is -0.505. The van der Waals surface area contributed by atoms with Crippen molar-refractivity contribution in [2.24, 2.45) is 0 Å². The van der Waals surface area contributed by atoms with E-state index in [1.54, 1.807) is 0 Å². The number of methoxy groups -OCH3 is 1. The number of aryl methyl sites for hydroxylation is 1. The predicted octanol–water partition coefficient (Wildman–Crippen LogP) is 3.88. The molecule has 0 atom stereocenters. The summed E-state index contributed by atoms with van der Waals surface area (Å²) < 4.78 is 5.19. The lowest BCUT2D eigenvalue weighted by molar-refractivity contribution is -0.384. The molecule has 11 nitrogen and oxygen atoms in total. The summed E-state index contributed by atoms with van der Waals surface area (Å²) in [5.41, 5.74) is 2.72. The minimum Gasteiger partial charge on any atom is -0.494 e. The summed E-state index contributed by atoms with van der Waals surface area (Å²) in [5.74, 6) is 1.93. The second-order valence-corrected chi connectivity index (χ2v) is 9.33. The molecule has 4 rings (SSSR count). The molecule has 0 spiro atoms. The number of non-ortho nitro benzene ring substituents is 1. The molecule has 0 radical (unpaired) electrons. The van der Waals surface area contributed by atoms with E-state index in [2.05, 4.69) is 20.9 Å². The number of carbonyl (C=O) groups excluding carboxylic acids is 1. The van der Waals surface area contributed by atoms with Crippen molar-refractivity contribution < 1.29 is 14.5 Å². The van der Waals surface area contributed by atoms with E-state index in [1.807, 2.05) is 14.1 Å². The third-order valence-corrected chi connectivity index (χ3v) is 6.62. The van der Waals surface area contributed by atoms with Crippen LogP contribution in [0.25, 0.3) is 0 Å². The molecule has 3 N–H and O–H groups in total. The SMILES string of the molecule is COc1cc([N+](=O)[O-])ccc1NC(=O)N[C@H]1CC[C@@H](Nc2nc3c(c(N(C)C)n2)CCCC3)CC1. The molecule has 1 saturated carbocycles. The molecule has 0 unspecified atom stereocenters. The average Bonchev–Trinajstić information content (AvgIpc) is 2.84. The van der Waals surface area contributed by atoms with Crippen LogP contribution in [0.1, 0.15) is 49.8 Å². The highest BCUT2D eigenvalue weighted by atomic mass is 16.6. The molecule has 2 aliphatic carbocycles. The van der Waals surface area contributed by atoms with Gasteiger partial charge in [-0.25, -0.2) is 9.78 Å². The van der Waals surface area contributed by atoms with E-state index < -0.39 is 4.92 Å². The molecular weight excluding hydrogens is 450 g/mol. The second kappa shape index (κ2) is 10.7. The van der Waals surface area contributed by atoms with Gasteiger partial charge < -0.3 is 25.6 Å². The summed E-state index contributed by atoms with van der Waals surface area (Å²) in [4.78, 5) is 34.7. The van der Waals surface area contributed by atoms with Crippen molar-refractivity contribution in [3.05, 3.63) is 39.6 Å². The van der Waals surface area contributed by atoms with Crippen LogP contribution in [0.2, 0.25) is 0 Å². The van der Waals surface area contributed by atoms with Gasteiger partial charge in [0.2, 0.25) is 5.95 Å². The zero-order valence-corrected chi connectivity index (χ0v) is 20.5. The Hall–Kier alpha value is -3.63. The standard InChI is InChI=1S/C24H33N7O4/c1-30(2)22-18-6-4-5-7-19(18)27-23(29-22)25-15-8-10-16(11-9-15)26-24(32)28-20-13-12-17(31(33)34)14-21(20)35-3/h12-16H,4-11H2,1-3H3,(H,25,27,29)(H2,26,28,32)/t15-,16+. The summed E-state index contributed by atoms with van der Waals surface area (Å²) in [6.07, 6.45) is 7.83. The number of nitrogens with one attached hydrogen (secondary N) is 3. The maximum absolute atomic E-state index is 12.5. The highest BCUT2D eigenvalue weighted by molar-refractivity contribution is 5.91. The van der Waals surface area contributed by atoms with Crippen LogP contribution < -0.4 is 25.6 Å². The lowest BCUT2D eigenvalue weighted by atomic mass is 9.91. The largest absolute Gasteiger partial charge is 0.494 e. The number of fused-ring (bicyclic) bond motifs is 1. The van der Waals surface area contributed by atoms with Crippen molar-refractivity contribution in [2.45, 2.75) is 63.5 Å². The summed E-state index contributed by atoms with van der Waals surface area (Å²) in [6, 6.07) is 4.03. The Balaban J connectivity index is 1.31. The van der Waals surface area contributed by atoms with Gasteiger partial charge in [0.1, 0.15) is 11.6 Å². The van der Waals surface area contributed by atoms with E-state index in [9.17, 15) is 14.9 Å². The first-order valence-electron chi connectivity index (χ1n) is 12.1. The van der Waals surface area contributed by atoms with Crippen LogP contribution in [-0.4, -0.2) is 54.2 Å². The van der Waals surface area contributed by atoms with Gasteiger partial charge in [-0.15, -0.1) is 0 Å². The Morgan fingerprint density at radius 3 is 2.51 bits per heavy atom. The first-order chi connectivity index (χ1) is 16.8. The fourth-order valence-corrected chi connectivity index (χ4v) is 4.81. The average molecular weight is 484 g/mol. The first kappa shape index (κ1) is 24.5. The van der Waals surface area contributed by atoms with Crippen LogP contribution in [0.15, 0.2) is 18.2 Å². The smallest absolute Gasteiger partial charge is 0.319 e. The number of urea groups is 1. The van der Waals surface area contributed by atoms with Crippen LogP contribution in [0.5, 0.6) is 5.75 Å². The number of hydrogen-bond donors (Lipinski definition) is 3. The fourth-order valence-electron chi connectivity index (χ4n) is 4.81. The Morgan fingerprint density at radius 1 is 1.11 bits per heavy atom. The number of nitro groups is 1. The van der Waals surface area contributed by atoms with Gasteiger partial charge in [-0.1, -0.05) is 0 Å². The first-order valence-corrected chi connectivity index (χ1v) is 12.1. The van der Waals surface area contributed by atoms with E-state index in [4.69, 9.17) is 14.7 Å². The fraction of sp³-hybridized carbons (Fsp3) is 0.542. The number of carbonyl (C=O) groups is 1. The molecular formula is C24H33N7O4. The molecule has 0 bridgehead atoms. The van der Waals surface area contributed by atoms with Crippen LogP contribution >= 0.6 is 0 Å². The molecule has 2 aromatic rings. The Bertz CT molecular complexity index is 1080. The summed E-state index contributed by atoms with van der Waals surface area (Å²) in [6.45, 7) is 0. The van der Waals surface area contributed by atoms with Gasteiger partial charge in [-0.05, 0) is 57.4 Å². The molecule has 188 valence electrons. The van der Waals surface area contributed by atoms with Gasteiger partial charge in [0.05, 0.1) is 29.5 Å². The van der Waals surface area contributed by atoms with Gasteiger partial charge in [0.25, 0.3) is 5.69 Å². The molecule has 11 heteroatoms. The van der Waals surface area contributed by atoms with Gasteiger partial charge in [-0.2, -0.15) is 4.98 Å². The van der Waals surface area contributed by atoms with Gasteiger partial charge in [0, 0.05) is 37.8 Å². The third kappa shape index (κ3) is 5.90. The van der Waals surface area contributed by atoms with Crippen LogP contribution in [0.3, 0.4) is 0 Å². The zero-order chi connectivity index (χ0) is 24.9. The maximum Gasteiger partial charge on any atom is 0.319 e. The number of nitrogens with zero attached hydrogens (tertiary/aromatic N) is 4. The number of amides is 2. The van der Waals surface area contributed by atoms with Crippen molar-refractivity contribution in [3.63, 3.8) is 0 Å². The molecule has 1 heterocycles. The Morgan fingerprint density at radius 2 is 1.83 bits per heavy atom. The van der Waals surface area contributed by atoms with E-state index in [1.165, 1.54) is 43.7 Å². The zero-order valence-electron chi connectivity index (χ0n) is 20.5. The van der Waals surface area contributed by atoms with Crippen molar-refractivity contribution in [1.29, 1.82) is 0 Å². The molecule has 2 amide bonds. The topological polar surface area (TPSA) is 135 Å². The quantitative estimate of drug-likeness (QED) is 0.399. The normalized spacial score (nSPS) is 19.3. The Kier molecular flexibility index (Phi) is 7.52. The summed E-state index contributed by atoms with van der Waals surface area (Å²) in [7, 11) is 5.45. The Labute approximate surface area is 204 Å². The van der Waals surface area contributed by atoms with Crippen LogP contribution in [0.4, 0.5) is 27.9 Å².